The van der Waals surface area contributed by atoms with Gasteiger partial charge in [-0.15, -0.1) is 0 Å². The quantitative estimate of drug-likeness (QED) is 0.526. The molecule has 8 nitrogen and oxygen atoms in total. The largest absolute Gasteiger partial charge is 0.353 e. The Balaban J connectivity index is 1.68. The fourth-order valence-electron chi connectivity index (χ4n) is 3.67. The topological polar surface area (TPSA) is 85.8 Å². The lowest BCUT2D eigenvalue weighted by Crippen LogP contribution is -2.45. The van der Waals surface area contributed by atoms with Gasteiger partial charge in [-0.25, -0.2) is 17.8 Å². The van der Waals surface area contributed by atoms with E-state index in [9.17, 15) is 13.2 Å². The van der Waals surface area contributed by atoms with E-state index >= 15 is 0 Å². The van der Waals surface area contributed by atoms with E-state index in [1.54, 1.807) is 6.07 Å². The van der Waals surface area contributed by atoms with Crippen LogP contribution in [0.15, 0.2) is 53.4 Å². The smallest absolute Gasteiger partial charge is 0.263 e. The first-order chi connectivity index (χ1) is 15.7. The van der Waals surface area contributed by atoms with E-state index in [0.717, 1.165) is 47.2 Å². The van der Waals surface area contributed by atoms with Gasteiger partial charge < -0.3 is 9.80 Å². The molecule has 0 radical (unpaired) electrons. The molecule has 1 saturated heterocycles. The minimum atomic E-state index is -3.99. The van der Waals surface area contributed by atoms with Gasteiger partial charge in [0.15, 0.2) is 0 Å². The van der Waals surface area contributed by atoms with Gasteiger partial charge in [-0.05, 0) is 36.7 Å². The first-order valence-electron chi connectivity index (χ1n) is 10.3. The van der Waals surface area contributed by atoms with Gasteiger partial charge in [0.1, 0.15) is 11.6 Å². The maximum atomic E-state index is 13.1. The summed E-state index contributed by atoms with van der Waals surface area (Å²) < 4.78 is 29.6. The van der Waals surface area contributed by atoms with Crippen molar-refractivity contribution in [3.8, 4) is 0 Å². The number of benzene rings is 2. The van der Waals surface area contributed by atoms with E-state index in [0.29, 0.717) is 0 Å². The van der Waals surface area contributed by atoms with Gasteiger partial charge in [0.25, 0.3) is 10.0 Å². The summed E-state index contributed by atoms with van der Waals surface area (Å²) in [4.78, 5) is 20.5. The molecule has 0 spiro atoms. The number of fused-ring (bicyclic) bond motifs is 1. The summed E-state index contributed by atoms with van der Waals surface area (Å²) in [6.07, 6.45) is 0. The third kappa shape index (κ3) is 5.01. The van der Waals surface area contributed by atoms with E-state index in [1.807, 2.05) is 24.3 Å². The molecule has 3 aromatic rings. The molecule has 2 heterocycles. The van der Waals surface area contributed by atoms with Crippen molar-refractivity contribution in [2.75, 3.05) is 47.3 Å². The summed E-state index contributed by atoms with van der Waals surface area (Å²) in [6.45, 7) is 4.67. The summed E-state index contributed by atoms with van der Waals surface area (Å²) in [5.74, 6) is 0.515. The fraction of sp³-hybridized carbons (Fsp3) is 0.273. The van der Waals surface area contributed by atoms with Crippen LogP contribution in [0.2, 0.25) is 5.02 Å². The van der Waals surface area contributed by atoms with Gasteiger partial charge in [-0.2, -0.15) is 0 Å². The number of rotatable bonds is 5. The van der Waals surface area contributed by atoms with Crippen LogP contribution in [-0.4, -0.2) is 57.4 Å². The predicted octanol–water partition coefficient (Wildman–Crippen LogP) is 3.95. The summed E-state index contributed by atoms with van der Waals surface area (Å²) in [7, 11) is -1.92. The molecule has 1 aliphatic heterocycles. The number of sulfonamides is 1. The van der Waals surface area contributed by atoms with Crippen LogP contribution in [0, 0.1) is 0 Å². The molecule has 11 heteroatoms. The van der Waals surface area contributed by atoms with Crippen LogP contribution < -0.4 is 14.0 Å². The van der Waals surface area contributed by atoms with Crippen molar-refractivity contribution < 1.29 is 13.2 Å². The Hall–Kier alpha value is -2.59. The summed E-state index contributed by atoms with van der Waals surface area (Å²) in [5, 5.41) is 1.88. The number of likely N-dealkylation sites (N-methyl/N-ethyl adjacent to an activating group) is 1. The monoisotopic (exact) mass is 507 g/mol. The van der Waals surface area contributed by atoms with Crippen LogP contribution in [-0.2, 0) is 14.8 Å². The minimum Gasteiger partial charge on any atom is -0.353 e. The highest BCUT2D eigenvalue weighted by molar-refractivity contribution is 7.92. The van der Waals surface area contributed by atoms with Crippen molar-refractivity contribution in [1.29, 1.82) is 0 Å². The molecule has 1 fully saturated rings. The van der Waals surface area contributed by atoms with Crippen molar-refractivity contribution in [2.24, 2.45) is 0 Å². The molecule has 1 amide bonds. The lowest BCUT2D eigenvalue weighted by atomic mass is 10.1. The standard InChI is InChI=1S/C22H23Cl2N5O3S/c1-15(30)29(24)20-8-7-17(14-19(20)23)33(31,32)26-21-13-16-5-3-4-6-18(16)22(25-21)28-11-9-27(2)10-12-28/h3-8,13-14H,9-12H2,1-2H3,(H,25,26). The molecular formula is C22H23Cl2N5O3S. The minimum absolute atomic E-state index is 0.0349. The number of anilines is 3. The highest BCUT2D eigenvalue weighted by Crippen LogP contribution is 2.32. The van der Waals surface area contributed by atoms with Crippen molar-refractivity contribution in [3.05, 3.63) is 53.6 Å². The number of hydrogen-bond acceptors (Lipinski definition) is 6. The molecule has 0 aliphatic carbocycles. The van der Waals surface area contributed by atoms with E-state index in [4.69, 9.17) is 23.4 Å². The van der Waals surface area contributed by atoms with E-state index in [-0.39, 0.29) is 21.4 Å². The molecule has 2 aromatic carbocycles. The van der Waals surface area contributed by atoms with Crippen LogP contribution in [0.5, 0.6) is 0 Å². The third-order valence-electron chi connectivity index (χ3n) is 5.48. The van der Waals surface area contributed by atoms with Crippen LogP contribution in [0.25, 0.3) is 10.8 Å². The summed E-state index contributed by atoms with van der Waals surface area (Å²) in [6, 6.07) is 13.4. The molecule has 0 unspecified atom stereocenters. The average molecular weight is 508 g/mol. The zero-order valence-electron chi connectivity index (χ0n) is 18.1. The Morgan fingerprint density at radius 2 is 1.79 bits per heavy atom. The number of carbonyl (C=O) groups excluding carboxylic acids is 1. The highest BCUT2D eigenvalue weighted by atomic mass is 35.5. The molecule has 0 saturated carbocycles. The zero-order valence-corrected chi connectivity index (χ0v) is 20.5. The number of nitrogens with zero attached hydrogens (tertiary/aromatic N) is 4. The maximum absolute atomic E-state index is 13.1. The van der Waals surface area contributed by atoms with Crippen LogP contribution >= 0.6 is 23.4 Å². The van der Waals surface area contributed by atoms with Crippen molar-refractivity contribution in [1.82, 2.24) is 9.88 Å². The predicted molar refractivity (Wildman–Crippen MR) is 133 cm³/mol. The van der Waals surface area contributed by atoms with Gasteiger partial charge in [0.05, 0.1) is 15.6 Å². The first kappa shape index (κ1) is 23.6. The number of amides is 1. The fourth-order valence-corrected chi connectivity index (χ4v) is 5.21. The molecular weight excluding hydrogens is 485 g/mol. The lowest BCUT2D eigenvalue weighted by Gasteiger charge is -2.34. The van der Waals surface area contributed by atoms with Crippen LogP contribution in [0.1, 0.15) is 6.92 Å². The molecule has 1 aliphatic rings. The maximum Gasteiger partial charge on any atom is 0.263 e. The average Bonchev–Trinajstić information content (AvgIpc) is 2.78. The number of hydrogen-bond donors (Lipinski definition) is 1. The number of carbonyl (C=O) groups is 1. The molecule has 1 aromatic heterocycles. The first-order valence-corrected chi connectivity index (χ1v) is 12.5. The Labute approximate surface area is 202 Å². The van der Waals surface area contributed by atoms with Gasteiger partial charge in [0.2, 0.25) is 5.91 Å². The Morgan fingerprint density at radius 1 is 1.09 bits per heavy atom. The van der Waals surface area contributed by atoms with Crippen LogP contribution in [0.4, 0.5) is 17.3 Å². The normalized spacial score (nSPS) is 15.0. The number of piperazine rings is 1. The van der Waals surface area contributed by atoms with Gasteiger partial charge >= 0.3 is 0 Å². The molecule has 33 heavy (non-hydrogen) atoms. The molecule has 0 atom stereocenters. The van der Waals surface area contributed by atoms with E-state index in [1.165, 1.54) is 25.1 Å². The molecule has 0 bridgehead atoms. The van der Waals surface area contributed by atoms with Gasteiger partial charge in [-0.3, -0.25) is 9.52 Å². The summed E-state index contributed by atoms with van der Waals surface area (Å²) >= 11 is 12.1. The molecule has 1 N–H and O–H groups in total. The highest BCUT2D eigenvalue weighted by Gasteiger charge is 2.22. The number of nitrogens with one attached hydrogen (secondary N) is 1. The molecule has 174 valence electrons. The summed E-state index contributed by atoms with van der Waals surface area (Å²) in [5.41, 5.74) is 0.200. The van der Waals surface area contributed by atoms with Crippen molar-refractivity contribution in [3.63, 3.8) is 0 Å². The Morgan fingerprint density at radius 3 is 2.45 bits per heavy atom. The second-order valence-electron chi connectivity index (χ2n) is 7.86. The van der Waals surface area contributed by atoms with Gasteiger partial charge in [-0.1, -0.05) is 35.9 Å². The second kappa shape index (κ2) is 9.34. The lowest BCUT2D eigenvalue weighted by molar-refractivity contribution is -0.115. The Kier molecular flexibility index (Phi) is 6.67. The zero-order chi connectivity index (χ0) is 23.8. The van der Waals surface area contributed by atoms with E-state index in [2.05, 4.69) is 26.6 Å². The third-order valence-corrected chi connectivity index (χ3v) is 7.55. The van der Waals surface area contributed by atoms with Crippen molar-refractivity contribution >= 4 is 67.4 Å². The molecule has 4 rings (SSSR count). The van der Waals surface area contributed by atoms with Crippen molar-refractivity contribution in [2.45, 2.75) is 11.8 Å². The number of pyridine rings is 1. The van der Waals surface area contributed by atoms with Crippen LogP contribution in [0.3, 0.4) is 0 Å². The SMILES string of the molecule is CC(=O)N(Cl)c1ccc(S(=O)(=O)Nc2cc3ccccc3c(N3CCN(C)CC3)n2)cc1Cl. The van der Waals surface area contributed by atoms with Gasteiger partial charge in [0, 0.05) is 50.3 Å². The number of aromatic nitrogens is 1. The van der Waals surface area contributed by atoms with E-state index < -0.39 is 15.9 Å². The second-order valence-corrected chi connectivity index (χ2v) is 10.3. The Bertz CT molecular complexity index is 1310. The number of halogens is 2.